The zero-order valence-corrected chi connectivity index (χ0v) is 20.1. The lowest BCUT2D eigenvalue weighted by molar-refractivity contribution is -0.115. The largest absolute Gasteiger partial charge is 0.330 e. The van der Waals surface area contributed by atoms with E-state index in [4.69, 9.17) is 5.73 Å². The van der Waals surface area contributed by atoms with Crippen LogP contribution >= 0.6 is 28.3 Å². The number of rotatable bonds is 15. The molecule has 0 aliphatic carbocycles. The third kappa shape index (κ3) is 11.1. The number of carbonyl (C=O) groups excluding carboxylic acids is 2. The van der Waals surface area contributed by atoms with Crippen LogP contribution in [0.15, 0.2) is 22.7 Å². The number of hydrogen-bond acceptors (Lipinski definition) is 5. The van der Waals surface area contributed by atoms with Crippen molar-refractivity contribution in [3.63, 3.8) is 0 Å². The standard InChI is InChI=1S/C20H31BrN2O4S.ClH/c1-2-3-4-5-6-9-14-28(26,27)23-18-12-11-16(21)15-17(18)20(25)19(24)10-7-8-13-22;/h11-12,15,23H,2-10,13-14,22H2,1H3;1H. The molecule has 6 nitrogen and oxygen atoms in total. The van der Waals surface area contributed by atoms with Crippen LogP contribution in [0.1, 0.15) is 75.1 Å². The van der Waals surface area contributed by atoms with E-state index in [0.29, 0.717) is 30.3 Å². The van der Waals surface area contributed by atoms with Crippen LogP contribution in [0.2, 0.25) is 0 Å². The molecule has 0 aromatic heterocycles. The molecule has 0 fully saturated rings. The summed E-state index contributed by atoms with van der Waals surface area (Å²) in [7, 11) is -3.59. The summed E-state index contributed by atoms with van der Waals surface area (Å²) in [6.45, 7) is 2.59. The zero-order chi connectivity index (χ0) is 21.0. The number of carbonyl (C=O) groups is 2. The molecule has 1 aromatic carbocycles. The van der Waals surface area contributed by atoms with Crippen molar-refractivity contribution in [2.24, 2.45) is 5.73 Å². The highest BCUT2D eigenvalue weighted by atomic mass is 79.9. The lowest BCUT2D eigenvalue weighted by Gasteiger charge is -2.12. The van der Waals surface area contributed by atoms with Crippen molar-refractivity contribution in [3.05, 3.63) is 28.2 Å². The summed E-state index contributed by atoms with van der Waals surface area (Å²) in [5, 5.41) is 0. The Bertz CT molecular complexity index is 757. The first kappa shape index (κ1) is 28.0. The maximum Gasteiger partial charge on any atom is 0.232 e. The third-order valence-corrected chi connectivity index (χ3v) is 6.22. The predicted octanol–water partition coefficient (Wildman–Crippen LogP) is 4.85. The van der Waals surface area contributed by atoms with E-state index in [-0.39, 0.29) is 35.8 Å². The molecule has 0 amide bonds. The van der Waals surface area contributed by atoms with Gasteiger partial charge in [-0.25, -0.2) is 8.42 Å². The molecule has 0 saturated heterocycles. The van der Waals surface area contributed by atoms with Crippen LogP contribution in [-0.4, -0.2) is 32.3 Å². The minimum absolute atomic E-state index is 0. The van der Waals surface area contributed by atoms with E-state index in [9.17, 15) is 18.0 Å². The van der Waals surface area contributed by atoms with E-state index in [1.165, 1.54) is 12.1 Å². The quantitative estimate of drug-likeness (QED) is 0.199. The molecule has 1 rings (SSSR count). The second kappa shape index (κ2) is 14.9. The molecular formula is C20H32BrClN2O4S. The van der Waals surface area contributed by atoms with Gasteiger partial charge in [0.2, 0.25) is 21.6 Å². The Hall–Kier alpha value is -0.960. The highest BCUT2D eigenvalue weighted by Gasteiger charge is 2.22. The molecule has 0 atom stereocenters. The summed E-state index contributed by atoms with van der Waals surface area (Å²) in [5.74, 6) is -1.23. The van der Waals surface area contributed by atoms with Gasteiger partial charge < -0.3 is 5.73 Å². The van der Waals surface area contributed by atoms with Gasteiger partial charge in [0, 0.05) is 10.9 Å². The molecule has 9 heteroatoms. The Kier molecular flexibility index (Phi) is 14.4. The molecule has 0 heterocycles. The molecule has 29 heavy (non-hydrogen) atoms. The van der Waals surface area contributed by atoms with Gasteiger partial charge in [-0.3, -0.25) is 14.3 Å². The Morgan fingerprint density at radius 1 is 1.03 bits per heavy atom. The fourth-order valence-corrected chi connectivity index (χ4v) is 4.34. The highest BCUT2D eigenvalue weighted by Crippen LogP contribution is 2.24. The van der Waals surface area contributed by atoms with Crippen LogP contribution in [0.4, 0.5) is 5.69 Å². The van der Waals surface area contributed by atoms with E-state index in [1.54, 1.807) is 6.07 Å². The number of nitrogens with one attached hydrogen (secondary N) is 1. The Morgan fingerprint density at radius 2 is 1.69 bits per heavy atom. The molecule has 3 N–H and O–H groups in total. The molecule has 0 spiro atoms. The lowest BCUT2D eigenvalue weighted by atomic mass is 10.0. The molecular weight excluding hydrogens is 480 g/mol. The van der Waals surface area contributed by atoms with Gasteiger partial charge in [0.1, 0.15) is 0 Å². The van der Waals surface area contributed by atoms with Crippen molar-refractivity contribution < 1.29 is 18.0 Å². The number of nitrogens with two attached hydrogens (primary N) is 1. The van der Waals surface area contributed by atoms with Crippen LogP contribution in [0.3, 0.4) is 0 Å². The highest BCUT2D eigenvalue weighted by molar-refractivity contribution is 9.10. The van der Waals surface area contributed by atoms with E-state index in [2.05, 4.69) is 27.6 Å². The lowest BCUT2D eigenvalue weighted by Crippen LogP contribution is -2.21. The summed E-state index contributed by atoms with van der Waals surface area (Å²) >= 11 is 3.27. The minimum atomic E-state index is -3.59. The number of anilines is 1. The van der Waals surface area contributed by atoms with Gasteiger partial charge in [0.15, 0.2) is 0 Å². The number of halogens is 2. The second-order valence-electron chi connectivity index (χ2n) is 6.88. The van der Waals surface area contributed by atoms with Crippen LogP contribution in [-0.2, 0) is 14.8 Å². The van der Waals surface area contributed by atoms with Crippen LogP contribution in [0.5, 0.6) is 0 Å². The fraction of sp³-hybridized carbons (Fsp3) is 0.600. The van der Waals surface area contributed by atoms with Crippen molar-refractivity contribution in [3.8, 4) is 0 Å². The normalized spacial score (nSPS) is 11.0. The van der Waals surface area contributed by atoms with E-state index >= 15 is 0 Å². The van der Waals surface area contributed by atoms with Crippen molar-refractivity contribution in [2.45, 2.75) is 64.7 Å². The van der Waals surface area contributed by atoms with Crippen LogP contribution in [0.25, 0.3) is 0 Å². The first-order chi connectivity index (χ1) is 13.3. The van der Waals surface area contributed by atoms with E-state index < -0.39 is 21.6 Å². The maximum atomic E-state index is 12.5. The monoisotopic (exact) mass is 510 g/mol. The molecule has 1 aromatic rings. The van der Waals surface area contributed by atoms with Gasteiger partial charge in [-0.1, -0.05) is 55.0 Å². The Morgan fingerprint density at radius 3 is 2.34 bits per heavy atom. The summed E-state index contributed by atoms with van der Waals surface area (Å²) in [6.07, 6.45) is 7.16. The van der Waals surface area contributed by atoms with E-state index in [0.717, 1.165) is 32.1 Å². The number of sulfonamides is 1. The molecule has 0 aliphatic heterocycles. The Labute approximate surface area is 189 Å². The van der Waals surface area contributed by atoms with Gasteiger partial charge in [0.25, 0.3) is 0 Å². The topological polar surface area (TPSA) is 106 Å². The predicted molar refractivity (Wildman–Crippen MR) is 124 cm³/mol. The molecule has 0 unspecified atom stereocenters. The summed E-state index contributed by atoms with van der Waals surface area (Å²) in [5.41, 5.74) is 5.62. The number of Topliss-reactive ketones (excluding diaryl/α,β-unsaturated/α-hetero) is 2. The third-order valence-electron chi connectivity index (χ3n) is 4.37. The minimum Gasteiger partial charge on any atom is -0.330 e. The van der Waals surface area contributed by atoms with Crippen molar-refractivity contribution >= 4 is 55.6 Å². The van der Waals surface area contributed by atoms with Crippen LogP contribution < -0.4 is 10.5 Å². The SMILES string of the molecule is CCCCCCCCS(=O)(=O)Nc1ccc(Br)cc1C(=O)C(=O)CCCCN.Cl. The van der Waals surface area contributed by atoms with Gasteiger partial charge in [-0.15, -0.1) is 12.4 Å². The first-order valence-corrected chi connectivity index (χ1v) is 12.3. The first-order valence-electron chi connectivity index (χ1n) is 9.88. The van der Waals surface area contributed by atoms with Crippen LogP contribution in [0, 0.1) is 0 Å². The molecule has 0 aliphatic rings. The summed E-state index contributed by atoms with van der Waals surface area (Å²) in [6, 6.07) is 4.62. The average Bonchev–Trinajstić information content (AvgIpc) is 2.65. The number of ketones is 2. The number of benzene rings is 1. The fourth-order valence-electron chi connectivity index (χ4n) is 2.78. The summed E-state index contributed by atoms with van der Waals surface area (Å²) < 4.78 is 27.9. The Balaban J connectivity index is 0.00000784. The van der Waals surface area contributed by atoms with Gasteiger partial charge in [-0.2, -0.15) is 0 Å². The average molecular weight is 512 g/mol. The molecule has 0 bridgehead atoms. The van der Waals surface area contributed by atoms with Crippen molar-refractivity contribution in [1.82, 2.24) is 0 Å². The second-order valence-corrected chi connectivity index (χ2v) is 9.63. The number of hydrogen-bond donors (Lipinski definition) is 2. The summed E-state index contributed by atoms with van der Waals surface area (Å²) in [4.78, 5) is 24.7. The van der Waals surface area contributed by atoms with Crippen molar-refractivity contribution in [1.29, 1.82) is 0 Å². The zero-order valence-electron chi connectivity index (χ0n) is 16.9. The van der Waals surface area contributed by atoms with E-state index in [1.807, 2.05) is 0 Å². The molecule has 0 radical (unpaired) electrons. The maximum absolute atomic E-state index is 12.5. The van der Waals surface area contributed by atoms with Gasteiger partial charge >= 0.3 is 0 Å². The molecule has 166 valence electrons. The van der Waals surface area contributed by atoms with Gasteiger partial charge in [0.05, 0.1) is 17.0 Å². The smallest absolute Gasteiger partial charge is 0.232 e. The van der Waals surface area contributed by atoms with Gasteiger partial charge in [-0.05, 0) is 44.0 Å². The molecule has 0 saturated carbocycles. The number of unbranched alkanes of at least 4 members (excludes halogenated alkanes) is 6. The van der Waals surface area contributed by atoms with Crippen molar-refractivity contribution in [2.75, 3.05) is 17.0 Å².